The van der Waals surface area contributed by atoms with Gasteiger partial charge in [-0.15, -0.1) is 0 Å². The van der Waals surface area contributed by atoms with Gasteiger partial charge in [-0.05, 0) is 57.9 Å². The molecule has 0 spiro atoms. The van der Waals surface area contributed by atoms with Crippen molar-refractivity contribution in [2.75, 3.05) is 13.2 Å². The van der Waals surface area contributed by atoms with E-state index in [1.807, 2.05) is 13.8 Å². The molecule has 162 valence electrons. The molecule has 2 N–H and O–H groups in total. The van der Waals surface area contributed by atoms with Gasteiger partial charge in [0.15, 0.2) is 5.78 Å². The van der Waals surface area contributed by atoms with Crippen LogP contribution in [0.1, 0.15) is 58.4 Å². The molecule has 0 radical (unpaired) electrons. The Bertz CT molecular complexity index is 919. The molecule has 0 saturated heterocycles. The summed E-state index contributed by atoms with van der Waals surface area (Å²) in [7, 11) is 0. The summed E-state index contributed by atoms with van der Waals surface area (Å²) in [6.07, 6.45) is 0. The van der Waals surface area contributed by atoms with Gasteiger partial charge in [-0.2, -0.15) is 0 Å². The summed E-state index contributed by atoms with van der Waals surface area (Å²) in [5, 5.41) is 2.78. The molecular weight excluding hydrogens is 389 g/mol. The van der Waals surface area contributed by atoms with Crippen molar-refractivity contribution in [2.45, 2.75) is 47.2 Å². The van der Waals surface area contributed by atoms with Crippen LogP contribution >= 0.6 is 0 Å². The van der Waals surface area contributed by atoms with Crippen LogP contribution in [-0.4, -0.2) is 46.9 Å². The number of aromatic amines is 1. The van der Waals surface area contributed by atoms with Gasteiger partial charge in [0.1, 0.15) is 11.5 Å². The molecule has 0 unspecified atom stereocenters. The summed E-state index contributed by atoms with van der Waals surface area (Å²) in [6.45, 7) is 8.87. The second kappa shape index (κ2) is 10.0. The molecule has 30 heavy (non-hydrogen) atoms. The Kier molecular flexibility index (Phi) is 7.74. The van der Waals surface area contributed by atoms with Gasteiger partial charge in [0.05, 0.1) is 13.2 Å². The first-order chi connectivity index (χ1) is 14.1. The Labute approximate surface area is 175 Å². The number of rotatable bonds is 8. The number of hydrogen-bond donors (Lipinski definition) is 2. The molecule has 0 atom stereocenters. The molecule has 1 heterocycles. The number of aromatic nitrogens is 1. The molecule has 8 heteroatoms. The number of benzene rings is 1. The van der Waals surface area contributed by atoms with Crippen molar-refractivity contribution < 1.29 is 23.5 Å². The van der Waals surface area contributed by atoms with E-state index in [2.05, 4.69) is 10.3 Å². The van der Waals surface area contributed by atoms with E-state index in [-0.39, 0.29) is 43.0 Å². The lowest BCUT2D eigenvalue weighted by Crippen LogP contribution is -2.44. The molecule has 0 aliphatic rings. The third-order valence-corrected chi connectivity index (χ3v) is 4.52. The van der Waals surface area contributed by atoms with Crippen molar-refractivity contribution in [3.05, 3.63) is 58.2 Å². The van der Waals surface area contributed by atoms with Crippen LogP contribution < -0.4 is 5.32 Å². The Balaban J connectivity index is 2.28. The number of halogens is 1. The van der Waals surface area contributed by atoms with E-state index < -0.39 is 12.0 Å². The molecule has 0 aliphatic carbocycles. The molecule has 1 aromatic carbocycles. The minimum atomic E-state index is -0.530. The molecule has 0 aliphatic heterocycles. The quantitative estimate of drug-likeness (QED) is 0.505. The topological polar surface area (TPSA) is 91.5 Å². The normalized spacial score (nSPS) is 10.8. The maximum absolute atomic E-state index is 13.2. The largest absolute Gasteiger partial charge is 0.461 e. The maximum atomic E-state index is 13.2. The van der Waals surface area contributed by atoms with Gasteiger partial charge < -0.3 is 19.9 Å². The highest BCUT2D eigenvalue weighted by atomic mass is 19.1. The van der Waals surface area contributed by atoms with Crippen molar-refractivity contribution in [3.8, 4) is 0 Å². The van der Waals surface area contributed by atoms with E-state index in [4.69, 9.17) is 4.74 Å². The fourth-order valence-electron chi connectivity index (χ4n) is 3.18. The molecule has 7 nitrogen and oxygen atoms in total. The predicted molar refractivity (Wildman–Crippen MR) is 111 cm³/mol. The highest BCUT2D eigenvalue weighted by Crippen LogP contribution is 2.20. The zero-order valence-electron chi connectivity index (χ0n) is 18.0. The number of H-pyrrole nitrogens is 1. The maximum Gasteiger partial charge on any atom is 0.355 e. The number of hydrogen-bond acceptors (Lipinski definition) is 4. The summed E-state index contributed by atoms with van der Waals surface area (Å²) >= 11 is 0. The van der Waals surface area contributed by atoms with Gasteiger partial charge in [0, 0.05) is 23.8 Å². The number of amides is 2. The van der Waals surface area contributed by atoms with Crippen LogP contribution in [0.2, 0.25) is 0 Å². The van der Waals surface area contributed by atoms with Crippen LogP contribution in [0.25, 0.3) is 0 Å². The number of carbonyl (C=O) groups excluding carboxylic acids is 3. The Hall–Kier alpha value is -3.16. The highest BCUT2D eigenvalue weighted by molar-refractivity contribution is 6.04. The van der Waals surface area contributed by atoms with Crippen molar-refractivity contribution in [3.63, 3.8) is 0 Å². The predicted octanol–water partition coefficient (Wildman–Crippen LogP) is 3.75. The summed E-state index contributed by atoms with van der Waals surface area (Å²) in [4.78, 5) is 42.1. The number of ether oxygens (including phenoxy) is 1. The van der Waals surface area contributed by atoms with E-state index in [1.54, 1.807) is 32.9 Å². The van der Waals surface area contributed by atoms with Crippen molar-refractivity contribution in [1.82, 2.24) is 15.2 Å². The second-order valence-electron chi connectivity index (χ2n) is 7.36. The molecule has 0 bridgehead atoms. The van der Waals surface area contributed by atoms with Crippen LogP contribution in [0.3, 0.4) is 0 Å². The number of ketones is 1. The lowest BCUT2D eigenvalue weighted by atomic mass is 10.0. The van der Waals surface area contributed by atoms with Crippen LogP contribution in [0.15, 0.2) is 24.3 Å². The standard InChI is InChI=1S/C22H28FN3O4/c1-6-30-21(28)20-14(4)19(15(5)25-20)18(27)12-26(22(29)24-13(2)3)11-16-7-9-17(23)10-8-16/h7-10,13,25H,6,11-12H2,1-5H3,(H,24,29). The van der Waals surface area contributed by atoms with Crippen molar-refractivity contribution in [2.24, 2.45) is 0 Å². The Morgan fingerprint density at radius 3 is 2.37 bits per heavy atom. The first kappa shape index (κ1) is 23.1. The minimum absolute atomic E-state index is 0.116. The van der Waals surface area contributed by atoms with Gasteiger partial charge in [0.25, 0.3) is 0 Å². The minimum Gasteiger partial charge on any atom is -0.461 e. The average Bonchev–Trinajstić information content (AvgIpc) is 2.97. The Morgan fingerprint density at radius 2 is 1.80 bits per heavy atom. The molecule has 2 aromatic rings. The van der Waals surface area contributed by atoms with E-state index in [0.717, 1.165) is 0 Å². The van der Waals surface area contributed by atoms with Gasteiger partial charge >= 0.3 is 12.0 Å². The van der Waals surface area contributed by atoms with E-state index in [9.17, 15) is 18.8 Å². The van der Waals surface area contributed by atoms with E-state index >= 15 is 0 Å². The summed E-state index contributed by atoms with van der Waals surface area (Å²) in [5.41, 5.74) is 2.31. The summed E-state index contributed by atoms with van der Waals surface area (Å²) in [6, 6.07) is 5.24. The smallest absolute Gasteiger partial charge is 0.355 e. The number of carbonyl (C=O) groups is 3. The SMILES string of the molecule is CCOC(=O)c1[nH]c(C)c(C(=O)CN(Cc2ccc(F)cc2)C(=O)NC(C)C)c1C. The number of esters is 1. The lowest BCUT2D eigenvalue weighted by Gasteiger charge is -2.24. The van der Waals surface area contributed by atoms with Crippen molar-refractivity contribution >= 4 is 17.8 Å². The molecule has 2 rings (SSSR count). The first-order valence-corrected chi connectivity index (χ1v) is 9.83. The third kappa shape index (κ3) is 5.68. The van der Waals surface area contributed by atoms with Crippen LogP contribution in [0.4, 0.5) is 9.18 Å². The molecular formula is C22H28FN3O4. The average molecular weight is 417 g/mol. The number of aryl methyl sites for hydroxylation is 1. The van der Waals surface area contributed by atoms with Crippen LogP contribution in [0, 0.1) is 19.7 Å². The van der Waals surface area contributed by atoms with Gasteiger partial charge in [0.2, 0.25) is 0 Å². The van der Waals surface area contributed by atoms with Crippen LogP contribution in [0.5, 0.6) is 0 Å². The number of nitrogens with one attached hydrogen (secondary N) is 2. The van der Waals surface area contributed by atoms with Gasteiger partial charge in [-0.3, -0.25) is 4.79 Å². The molecule has 2 amide bonds. The zero-order chi connectivity index (χ0) is 22.4. The molecule has 0 fully saturated rings. The van der Waals surface area contributed by atoms with E-state index in [0.29, 0.717) is 22.4 Å². The summed E-state index contributed by atoms with van der Waals surface area (Å²) < 4.78 is 18.2. The van der Waals surface area contributed by atoms with E-state index in [1.165, 1.54) is 17.0 Å². The number of nitrogens with zero attached hydrogens (tertiary/aromatic N) is 1. The van der Waals surface area contributed by atoms with Gasteiger partial charge in [-0.1, -0.05) is 12.1 Å². The third-order valence-electron chi connectivity index (χ3n) is 4.52. The highest BCUT2D eigenvalue weighted by Gasteiger charge is 2.26. The number of urea groups is 1. The fraction of sp³-hybridized carbons (Fsp3) is 0.409. The number of Topliss-reactive ketones (excluding diaryl/α,β-unsaturated/α-hetero) is 1. The second-order valence-corrected chi connectivity index (χ2v) is 7.36. The Morgan fingerprint density at radius 1 is 1.17 bits per heavy atom. The summed E-state index contributed by atoms with van der Waals surface area (Å²) in [5.74, 6) is -1.21. The lowest BCUT2D eigenvalue weighted by molar-refractivity contribution is 0.0519. The molecule has 1 aromatic heterocycles. The zero-order valence-corrected chi connectivity index (χ0v) is 18.0. The fourth-order valence-corrected chi connectivity index (χ4v) is 3.18. The van der Waals surface area contributed by atoms with Crippen molar-refractivity contribution in [1.29, 1.82) is 0 Å². The first-order valence-electron chi connectivity index (χ1n) is 9.83. The molecule has 0 saturated carbocycles. The van der Waals surface area contributed by atoms with Gasteiger partial charge in [-0.25, -0.2) is 14.0 Å². The van der Waals surface area contributed by atoms with Crippen LogP contribution in [-0.2, 0) is 11.3 Å². The monoisotopic (exact) mass is 417 g/mol.